The van der Waals surface area contributed by atoms with Crippen LogP contribution < -0.4 is 16.2 Å². The minimum Gasteiger partial charge on any atom is -0.335 e. The quantitative estimate of drug-likeness (QED) is 0.435. The maximum atomic E-state index is 13.4. The zero-order chi connectivity index (χ0) is 23.4. The first-order chi connectivity index (χ1) is 15.9. The number of hydrogen-bond acceptors (Lipinski definition) is 5. The Bertz CT molecular complexity index is 1250. The maximum Gasteiger partial charge on any atom is 0.321 e. The topological polar surface area (TPSA) is 93.1 Å². The van der Waals surface area contributed by atoms with Crippen LogP contribution in [0.25, 0.3) is 16.6 Å². The van der Waals surface area contributed by atoms with E-state index in [1.165, 1.54) is 6.42 Å². The van der Waals surface area contributed by atoms with Gasteiger partial charge < -0.3 is 5.32 Å². The van der Waals surface area contributed by atoms with Gasteiger partial charge in [-0.2, -0.15) is 0 Å². The van der Waals surface area contributed by atoms with E-state index >= 15 is 0 Å². The second-order valence-corrected chi connectivity index (χ2v) is 9.36. The number of fused-ring (bicyclic) bond motifs is 1. The maximum absolute atomic E-state index is 13.4. The molecule has 1 aliphatic rings. The molecule has 172 valence electrons. The standard InChI is InChI=1S/C25H28N4O3S/c1-16-9-8-14-21(17(16)2)29-23(31)19-12-6-7-13-20(19)27-25(29)33-15-22(30)28-24(32)26-18-10-4-3-5-11-18/h6-9,12-14,18H,3-5,10-11,15H2,1-2H3,(H2,26,28,30,32). The minimum absolute atomic E-state index is 0.0340. The number of nitrogens with one attached hydrogen (secondary N) is 2. The zero-order valence-electron chi connectivity index (χ0n) is 18.9. The summed E-state index contributed by atoms with van der Waals surface area (Å²) < 4.78 is 1.56. The number of para-hydroxylation sites is 1. The highest BCUT2D eigenvalue weighted by Gasteiger charge is 2.19. The zero-order valence-corrected chi connectivity index (χ0v) is 19.7. The molecule has 0 spiro atoms. The molecule has 0 atom stereocenters. The summed E-state index contributed by atoms with van der Waals surface area (Å²) in [6.45, 7) is 3.95. The molecule has 7 nitrogen and oxygen atoms in total. The van der Waals surface area contributed by atoms with Gasteiger partial charge in [0.05, 0.1) is 22.3 Å². The molecule has 1 fully saturated rings. The largest absolute Gasteiger partial charge is 0.335 e. The van der Waals surface area contributed by atoms with Crippen LogP contribution in [0.5, 0.6) is 0 Å². The third kappa shape index (κ3) is 5.27. The number of aromatic nitrogens is 2. The SMILES string of the molecule is Cc1cccc(-n2c(SCC(=O)NC(=O)NC3CCCCC3)nc3ccccc3c2=O)c1C. The molecule has 3 amide bonds. The number of imide groups is 1. The Balaban J connectivity index is 1.56. The van der Waals surface area contributed by atoms with Crippen molar-refractivity contribution in [3.05, 3.63) is 63.9 Å². The average molecular weight is 465 g/mol. The Labute approximate surface area is 197 Å². The monoisotopic (exact) mass is 464 g/mol. The fourth-order valence-electron chi connectivity index (χ4n) is 4.16. The molecule has 33 heavy (non-hydrogen) atoms. The number of nitrogens with zero attached hydrogens (tertiary/aromatic N) is 2. The van der Waals surface area contributed by atoms with Crippen LogP contribution in [-0.4, -0.2) is 33.3 Å². The van der Waals surface area contributed by atoms with Gasteiger partial charge in [-0.1, -0.05) is 55.3 Å². The van der Waals surface area contributed by atoms with Gasteiger partial charge in [0, 0.05) is 6.04 Å². The van der Waals surface area contributed by atoms with Crippen LogP contribution in [0.1, 0.15) is 43.2 Å². The van der Waals surface area contributed by atoms with Crippen LogP contribution in [0.3, 0.4) is 0 Å². The van der Waals surface area contributed by atoms with Gasteiger partial charge in [0.1, 0.15) is 0 Å². The summed E-state index contributed by atoms with van der Waals surface area (Å²) in [5.74, 6) is -0.462. The highest BCUT2D eigenvalue weighted by Crippen LogP contribution is 2.24. The van der Waals surface area contributed by atoms with Gasteiger partial charge in [-0.15, -0.1) is 0 Å². The summed E-state index contributed by atoms with van der Waals surface area (Å²) in [6.07, 6.45) is 5.27. The first-order valence-electron chi connectivity index (χ1n) is 11.3. The van der Waals surface area contributed by atoms with Crippen LogP contribution in [-0.2, 0) is 4.79 Å². The van der Waals surface area contributed by atoms with Gasteiger partial charge in [0.15, 0.2) is 5.16 Å². The molecule has 0 unspecified atom stereocenters. The van der Waals surface area contributed by atoms with E-state index in [9.17, 15) is 14.4 Å². The molecule has 8 heteroatoms. The van der Waals surface area contributed by atoms with E-state index in [-0.39, 0.29) is 17.4 Å². The number of aryl methyl sites for hydroxylation is 1. The lowest BCUT2D eigenvalue weighted by atomic mass is 9.96. The van der Waals surface area contributed by atoms with E-state index in [0.29, 0.717) is 16.1 Å². The Kier molecular flexibility index (Phi) is 7.13. The molecule has 0 radical (unpaired) electrons. The molecule has 1 heterocycles. The van der Waals surface area contributed by atoms with Crippen molar-refractivity contribution in [2.75, 3.05) is 5.75 Å². The van der Waals surface area contributed by atoms with E-state index in [2.05, 4.69) is 15.6 Å². The number of amides is 3. The summed E-state index contributed by atoms with van der Waals surface area (Å²) in [5.41, 5.74) is 3.14. The Morgan fingerprint density at radius 3 is 2.61 bits per heavy atom. The molecular formula is C25H28N4O3S. The Morgan fingerprint density at radius 2 is 1.82 bits per heavy atom. The Hall–Kier alpha value is -3.13. The number of benzene rings is 2. The van der Waals surface area contributed by atoms with Crippen LogP contribution >= 0.6 is 11.8 Å². The van der Waals surface area contributed by atoms with Crippen LogP contribution in [0, 0.1) is 13.8 Å². The van der Waals surface area contributed by atoms with Crippen molar-refractivity contribution >= 4 is 34.6 Å². The minimum atomic E-state index is -0.467. The molecule has 2 aromatic carbocycles. The fraction of sp³-hybridized carbons (Fsp3) is 0.360. The van der Waals surface area contributed by atoms with Gasteiger partial charge >= 0.3 is 6.03 Å². The number of rotatable bonds is 5. The van der Waals surface area contributed by atoms with Crippen molar-refractivity contribution in [1.29, 1.82) is 0 Å². The van der Waals surface area contributed by atoms with Crippen LogP contribution in [0.2, 0.25) is 0 Å². The first-order valence-corrected chi connectivity index (χ1v) is 12.2. The highest BCUT2D eigenvalue weighted by molar-refractivity contribution is 7.99. The molecule has 0 saturated heterocycles. The molecule has 1 saturated carbocycles. The van der Waals surface area contributed by atoms with E-state index < -0.39 is 11.9 Å². The van der Waals surface area contributed by atoms with Gasteiger partial charge in [-0.25, -0.2) is 9.78 Å². The molecule has 0 aliphatic heterocycles. The second-order valence-electron chi connectivity index (χ2n) is 8.42. The Morgan fingerprint density at radius 1 is 1.06 bits per heavy atom. The molecule has 4 rings (SSSR count). The molecular weight excluding hydrogens is 436 g/mol. The number of carbonyl (C=O) groups is 2. The predicted molar refractivity (Wildman–Crippen MR) is 131 cm³/mol. The van der Waals surface area contributed by atoms with Crippen molar-refractivity contribution in [2.24, 2.45) is 0 Å². The average Bonchev–Trinajstić information content (AvgIpc) is 2.81. The number of thioether (sulfide) groups is 1. The van der Waals surface area contributed by atoms with Gasteiger partial charge in [0.25, 0.3) is 5.56 Å². The third-order valence-corrected chi connectivity index (χ3v) is 7.03. The lowest BCUT2D eigenvalue weighted by Gasteiger charge is -2.22. The number of hydrogen-bond donors (Lipinski definition) is 2. The predicted octanol–water partition coefficient (Wildman–Crippen LogP) is 4.25. The normalized spacial score (nSPS) is 14.2. The molecule has 1 aromatic heterocycles. The molecule has 0 bridgehead atoms. The van der Waals surface area contributed by atoms with Gasteiger partial charge in [0.2, 0.25) is 5.91 Å². The summed E-state index contributed by atoms with van der Waals surface area (Å²) in [4.78, 5) is 42.8. The smallest absolute Gasteiger partial charge is 0.321 e. The number of carbonyl (C=O) groups excluding carboxylic acids is 2. The van der Waals surface area contributed by atoms with E-state index in [4.69, 9.17) is 0 Å². The van der Waals surface area contributed by atoms with Crippen molar-refractivity contribution in [2.45, 2.75) is 57.1 Å². The lowest BCUT2D eigenvalue weighted by Crippen LogP contribution is -2.45. The summed E-state index contributed by atoms with van der Waals surface area (Å²) in [5, 5.41) is 6.21. The van der Waals surface area contributed by atoms with Crippen molar-refractivity contribution in [3.8, 4) is 5.69 Å². The van der Waals surface area contributed by atoms with E-state index in [1.807, 2.05) is 44.2 Å². The number of urea groups is 1. The second kappa shape index (κ2) is 10.2. The molecule has 2 N–H and O–H groups in total. The molecule has 3 aromatic rings. The summed E-state index contributed by atoms with van der Waals surface area (Å²) >= 11 is 1.14. The van der Waals surface area contributed by atoms with Crippen LogP contribution in [0.15, 0.2) is 52.4 Å². The molecule has 1 aliphatic carbocycles. The van der Waals surface area contributed by atoms with Crippen molar-refractivity contribution in [1.82, 2.24) is 20.2 Å². The van der Waals surface area contributed by atoms with E-state index in [1.54, 1.807) is 16.7 Å². The van der Waals surface area contributed by atoms with Gasteiger partial charge in [-0.3, -0.25) is 19.5 Å². The fourth-order valence-corrected chi connectivity index (χ4v) is 4.97. The van der Waals surface area contributed by atoms with Crippen LogP contribution in [0.4, 0.5) is 4.79 Å². The lowest BCUT2D eigenvalue weighted by molar-refractivity contribution is -0.117. The van der Waals surface area contributed by atoms with E-state index in [0.717, 1.165) is 54.3 Å². The highest BCUT2D eigenvalue weighted by atomic mass is 32.2. The summed E-state index contributed by atoms with van der Waals surface area (Å²) in [6, 6.07) is 12.6. The van der Waals surface area contributed by atoms with Gasteiger partial charge in [-0.05, 0) is 56.0 Å². The first kappa shape index (κ1) is 23.0. The summed E-state index contributed by atoms with van der Waals surface area (Å²) in [7, 11) is 0. The van der Waals surface area contributed by atoms with Crippen molar-refractivity contribution in [3.63, 3.8) is 0 Å². The van der Waals surface area contributed by atoms with Crippen molar-refractivity contribution < 1.29 is 9.59 Å². The third-order valence-electron chi connectivity index (χ3n) is 6.09.